The Kier molecular flexibility index (Phi) is 8.14. The average Bonchev–Trinajstić information content (AvgIpc) is 2.15. The highest BCUT2D eigenvalue weighted by Crippen LogP contribution is 2.02. The zero-order valence-electron chi connectivity index (χ0n) is 10.1. The van der Waals surface area contributed by atoms with Gasteiger partial charge in [0.05, 0.1) is 6.61 Å². The fraction of sp³-hybridized carbons (Fsp3) is 1.00. The van der Waals surface area contributed by atoms with Crippen LogP contribution in [0.15, 0.2) is 0 Å². The van der Waals surface area contributed by atoms with E-state index < -0.39 is 0 Å². The SMILES string of the molecule is CCCC(N)CCN(C)C(C)COC. The number of hydrogen-bond donors (Lipinski definition) is 1. The Balaban J connectivity index is 3.56. The summed E-state index contributed by atoms with van der Waals surface area (Å²) in [7, 11) is 3.87. The van der Waals surface area contributed by atoms with Gasteiger partial charge in [0, 0.05) is 19.2 Å². The lowest BCUT2D eigenvalue weighted by Crippen LogP contribution is -2.36. The van der Waals surface area contributed by atoms with Gasteiger partial charge >= 0.3 is 0 Å². The summed E-state index contributed by atoms with van der Waals surface area (Å²) in [6.45, 7) is 6.21. The first-order valence-corrected chi connectivity index (χ1v) is 5.56. The lowest BCUT2D eigenvalue weighted by atomic mass is 10.1. The van der Waals surface area contributed by atoms with E-state index in [1.807, 2.05) is 0 Å². The van der Waals surface area contributed by atoms with Crippen molar-refractivity contribution in [1.29, 1.82) is 0 Å². The third kappa shape index (κ3) is 6.35. The van der Waals surface area contributed by atoms with Crippen molar-refractivity contribution in [3.05, 3.63) is 0 Å². The first-order valence-electron chi connectivity index (χ1n) is 5.56. The summed E-state index contributed by atoms with van der Waals surface area (Å²) in [4.78, 5) is 2.30. The van der Waals surface area contributed by atoms with Gasteiger partial charge in [0.25, 0.3) is 0 Å². The highest BCUT2D eigenvalue weighted by molar-refractivity contribution is 4.67. The fourth-order valence-electron chi connectivity index (χ4n) is 1.47. The third-order valence-corrected chi connectivity index (χ3v) is 2.67. The molecule has 0 aromatic carbocycles. The van der Waals surface area contributed by atoms with Crippen LogP contribution in [0.1, 0.15) is 33.1 Å². The molecule has 3 nitrogen and oxygen atoms in total. The van der Waals surface area contributed by atoms with Gasteiger partial charge in [0.2, 0.25) is 0 Å². The minimum atomic E-state index is 0.359. The molecule has 2 unspecified atom stereocenters. The first-order chi connectivity index (χ1) is 6.61. The van der Waals surface area contributed by atoms with E-state index >= 15 is 0 Å². The van der Waals surface area contributed by atoms with Crippen molar-refractivity contribution >= 4 is 0 Å². The number of nitrogens with zero attached hydrogens (tertiary/aromatic N) is 1. The van der Waals surface area contributed by atoms with Gasteiger partial charge in [-0.1, -0.05) is 13.3 Å². The summed E-state index contributed by atoms with van der Waals surface area (Å²) in [5.41, 5.74) is 5.95. The van der Waals surface area contributed by atoms with E-state index in [1.165, 1.54) is 6.42 Å². The molecule has 0 fully saturated rings. The van der Waals surface area contributed by atoms with Crippen LogP contribution in [0.3, 0.4) is 0 Å². The Morgan fingerprint density at radius 1 is 1.36 bits per heavy atom. The largest absolute Gasteiger partial charge is 0.383 e. The molecule has 0 heterocycles. The van der Waals surface area contributed by atoms with Crippen molar-refractivity contribution in [3.8, 4) is 0 Å². The van der Waals surface area contributed by atoms with E-state index in [0.29, 0.717) is 12.1 Å². The normalized spacial score (nSPS) is 15.9. The predicted molar refractivity (Wildman–Crippen MR) is 61.5 cm³/mol. The number of rotatable bonds is 8. The fourth-order valence-corrected chi connectivity index (χ4v) is 1.47. The van der Waals surface area contributed by atoms with Crippen LogP contribution >= 0.6 is 0 Å². The lowest BCUT2D eigenvalue weighted by Gasteiger charge is -2.25. The smallest absolute Gasteiger partial charge is 0.0615 e. The molecule has 0 bridgehead atoms. The third-order valence-electron chi connectivity index (χ3n) is 2.67. The number of hydrogen-bond acceptors (Lipinski definition) is 3. The molecule has 0 aliphatic rings. The van der Waals surface area contributed by atoms with E-state index in [1.54, 1.807) is 7.11 Å². The van der Waals surface area contributed by atoms with Crippen LogP contribution < -0.4 is 5.73 Å². The van der Waals surface area contributed by atoms with Crippen molar-refractivity contribution in [2.24, 2.45) is 5.73 Å². The standard InChI is InChI=1S/C11H26N2O/c1-5-6-11(12)7-8-13(3)10(2)9-14-4/h10-11H,5-9,12H2,1-4H3. The molecule has 86 valence electrons. The monoisotopic (exact) mass is 202 g/mol. The highest BCUT2D eigenvalue weighted by atomic mass is 16.5. The second kappa shape index (κ2) is 8.21. The summed E-state index contributed by atoms with van der Waals surface area (Å²) >= 11 is 0. The minimum absolute atomic E-state index is 0.359. The van der Waals surface area contributed by atoms with Gasteiger partial charge in [-0.25, -0.2) is 0 Å². The van der Waals surface area contributed by atoms with E-state index in [4.69, 9.17) is 10.5 Å². The Bertz CT molecular complexity index is 130. The summed E-state index contributed by atoms with van der Waals surface area (Å²) in [5.74, 6) is 0. The lowest BCUT2D eigenvalue weighted by molar-refractivity contribution is 0.113. The van der Waals surface area contributed by atoms with E-state index in [2.05, 4.69) is 25.8 Å². The molecule has 2 atom stereocenters. The molecule has 0 aromatic heterocycles. The Hall–Kier alpha value is -0.120. The molecule has 2 N–H and O–H groups in total. The van der Waals surface area contributed by atoms with Crippen LogP contribution in [0.5, 0.6) is 0 Å². The van der Waals surface area contributed by atoms with Crippen molar-refractivity contribution in [2.45, 2.75) is 45.2 Å². The molecule has 0 saturated heterocycles. The molecule has 0 rings (SSSR count). The molecular weight excluding hydrogens is 176 g/mol. The van der Waals surface area contributed by atoms with Gasteiger partial charge < -0.3 is 15.4 Å². The van der Waals surface area contributed by atoms with E-state index in [9.17, 15) is 0 Å². The molecule has 0 saturated carbocycles. The van der Waals surface area contributed by atoms with Crippen LogP contribution in [0, 0.1) is 0 Å². The van der Waals surface area contributed by atoms with Crippen molar-refractivity contribution < 1.29 is 4.74 Å². The van der Waals surface area contributed by atoms with E-state index in [0.717, 1.165) is 26.0 Å². The predicted octanol–water partition coefficient (Wildman–Crippen LogP) is 1.47. The van der Waals surface area contributed by atoms with Gasteiger partial charge in [-0.3, -0.25) is 0 Å². The summed E-state index contributed by atoms with van der Waals surface area (Å²) in [6, 6.07) is 0.839. The number of likely N-dealkylation sites (N-methyl/N-ethyl adjacent to an activating group) is 1. The number of ether oxygens (including phenoxy) is 1. The molecule has 0 aliphatic heterocycles. The van der Waals surface area contributed by atoms with Crippen LogP contribution in [0.4, 0.5) is 0 Å². The van der Waals surface area contributed by atoms with Crippen molar-refractivity contribution in [1.82, 2.24) is 4.90 Å². The molecule has 3 heteroatoms. The van der Waals surface area contributed by atoms with Crippen molar-refractivity contribution in [2.75, 3.05) is 27.3 Å². The molecule has 14 heavy (non-hydrogen) atoms. The Morgan fingerprint density at radius 2 is 2.00 bits per heavy atom. The van der Waals surface area contributed by atoms with Gasteiger partial charge in [-0.2, -0.15) is 0 Å². The molecular formula is C11H26N2O. The minimum Gasteiger partial charge on any atom is -0.383 e. The van der Waals surface area contributed by atoms with Gasteiger partial charge in [0.1, 0.15) is 0 Å². The topological polar surface area (TPSA) is 38.5 Å². The molecule has 0 spiro atoms. The quantitative estimate of drug-likeness (QED) is 0.648. The molecule has 0 aromatic rings. The maximum atomic E-state index is 5.95. The zero-order chi connectivity index (χ0) is 11.0. The second-order valence-electron chi connectivity index (χ2n) is 4.12. The van der Waals surface area contributed by atoms with Crippen LogP contribution in [0.2, 0.25) is 0 Å². The van der Waals surface area contributed by atoms with Crippen LogP contribution in [-0.2, 0) is 4.74 Å². The van der Waals surface area contributed by atoms with Crippen LogP contribution in [0.25, 0.3) is 0 Å². The van der Waals surface area contributed by atoms with Crippen LogP contribution in [-0.4, -0.2) is 44.3 Å². The molecule has 0 aliphatic carbocycles. The Morgan fingerprint density at radius 3 is 2.50 bits per heavy atom. The molecule has 0 amide bonds. The first kappa shape index (κ1) is 13.9. The summed E-state index contributed by atoms with van der Waals surface area (Å²) < 4.78 is 5.11. The average molecular weight is 202 g/mol. The number of methoxy groups -OCH3 is 1. The number of nitrogens with two attached hydrogens (primary N) is 1. The van der Waals surface area contributed by atoms with E-state index in [-0.39, 0.29) is 0 Å². The highest BCUT2D eigenvalue weighted by Gasteiger charge is 2.09. The van der Waals surface area contributed by atoms with Crippen molar-refractivity contribution in [3.63, 3.8) is 0 Å². The maximum Gasteiger partial charge on any atom is 0.0615 e. The van der Waals surface area contributed by atoms with Gasteiger partial charge in [-0.15, -0.1) is 0 Å². The summed E-state index contributed by atoms with van der Waals surface area (Å²) in [5, 5.41) is 0. The summed E-state index contributed by atoms with van der Waals surface area (Å²) in [6.07, 6.45) is 3.39. The molecule has 0 radical (unpaired) electrons. The zero-order valence-corrected chi connectivity index (χ0v) is 10.1. The van der Waals surface area contributed by atoms with Gasteiger partial charge in [0.15, 0.2) is 0 Å². The second-order valence-corrected chi connectivity index (χ2v) is 4.12. The van der Waals surface area contributed by atoms with Gasteiger partial charge in [-0.05, 0) is 33.4 Å². The Labute approximate surface area is 88.6 Å². The maximum absolute atomic E-state index is 5.95.